The van der Waals surface area contributed by atoms with Crippen molar-refractivity contribution in [1.82, 2.24) is 9.80 Å². The van der Waals surface area contributed by atoms with Crippen molar-refractivity contribution in [1.29, 1.82) is 0 Å². The lowest BCUT2D eigenvalue weighted by molar-refractivity contribution is 0.0529. The molecule has 1 aliphatic carbocycles. The van der Waals surface area contributed by atoms with Crippen molar-refractivity contribution in [3.05, 3.63) is 23.2 Å². The third-order valence-corrected chi connectivity index (χ3v) is 6.30. The molecule has 3 fully saturated rings. The van der Waals surface area contributed by atoms with Crippen molar-refractivity contribution in [2.75, 3.05) is 46.4 Å². The van der Waals surface area contributed by atoms with Gasteiger partial charge in [0, 0.05) is 44.1 Å². The number of carbonyl (C=O) groups excluding carboxylic acids is 1. The van der Waals surface area contributed by atoms with Crippen molar-refractivity contribution in [2.24, 2.45) is 17.3 Å². The molecule has 4 rings (SSSR count). The molecule has 1 amide bonds. The van der Waals surface area contributed by atoms with Crippen LogP contribution in [-0.4, -0.2) is 62.1 Å². The van der Waals surface area contributed by atoms with Gasteiger partial charge in [-0.3, -0.25) is 4.79 Å². The Morgan fingerprint density at radius 2 is 2.12 bits per heavy atom. The van der Waals surface area contributed by atoms with E-state index in [0.29, 0.717) is 5.92 Å². The molecule has 5 heteroatoms. The molecule has 2 aliphatic heterocycles. The normalized spacial score (nSPS) is 29.9. The number of hydrogen-bond acceptors (Lipinski definition) is 4. The summed E-state index contributed by atoms with van der Waals surface area (Å²) in [6.07, 6.45) is 3.75. The summed E-state index contributed by atoms with van der Waals surface area (Å²) in [7, 11) is 2.19. The number of likely N-dealkylation sites (tertiary alicyclic amines) is 2. The van der Waals surface area contributed by atoms with E-state index in [2.05, 4.69) is 11.9 Å². The van der Waals surface area contributed by atoms with Crippen LogP contribution in [0.1, 0.15) is 41.1 Å². The Balaban J connectivity index is 1.43. The molecule has 0 N–H and O–H groups in total. The van der Waals surface area contributed by atoms with Gasteiger partial charge < -0.3 is 19.0 Å². The average molecular weight is 346 g/mol. The van der Waals surface area contributed by atoms with E-state index in [0.717, 1.165) is 68.8 Å². The monoisotopic (exact) mass is 346 g/mol. The third-order valence-electron chi connectivity index (χ3n) is 6.30. The molecule has 3 heterocycles. The predicted molar refractivity (Wildman–Crippen MR) is 95.7 cm³/mol. The molecule has 2 saturated heterocycles. The molecule has 0 aromatic carbocycles. The fourth-order valence-electron chi connectivity index (χ4n) is 4.74. The summed E-state index contributed by atoms with van der Waals surface area (Å²) in [6, 6.07) is 1.87. The van der Waals surface area contributed by atoms with Gasteiger partial charge in [-0.25, -0.2) is 0 Å². The Kier molecular flexibility index (Phi) is 4.40. The Morgan fingerprint density at radius 3 is 2.80 bits per heavy atom. The zero-order chi connectivity index (χ0) is 17.6. The van der Waals surface area contributed by atoms with Gasteiger partial charge in [0.1, 0.15) is 11.5 Å². The summed E-state index contributed by atoms with van der Waals surface area (Å²) < 4.78 is 11.6. The summed E-state index contributed by atoms with van der Waals surface area (Å²) in [4.78, 5) is 17.4. The highest BCUT2D eigenvalue weighted by atomic mass is 16.5. The van der Waals surface area contributed by atoms with Crippen molar-refractivity contribution < 1.29 is 13.9 Å². The van der Waals surface area contributed by atoms with Crippen LogP contribution in [-0.2, 0) is 4.74 Å². The largest absolute Gasteiger partial charge is 0.466 e. The number of carbonyl (C=O) groups is 1. The average Bonchev–Trinajstić information content (AvgIpc) is 3.06. The predicted octanol–water partition coefficient (Wildman–Crippen LogP) is 2.72. The molecule has 5 nitrogen and oxygen atoms in total. The fourth-order valence-corrected chi connectivity index (χ4v) is 4.74. The SMILES string of the molecule is Cc1cc(C(=O)N2CC[C@]3(CN(C)C[C@@H]3COCC3CC3)C2)c(C)o1. The molecule has 0 radical (unpaired) electrons. The van der Waals surface area contributed by atoms with Crippen LogP contribution >= 0.6 is 0 Å². The molecule has 1 spiro atoms. The molecular formula is C20H30N2O3. The Labute approximate surface area is 150 Å². The molecule has 2 atom stereocenters. The zero-order valence-corrected chi connectivity index (χ0v) is 15.7. The molecule has 3 aliphatic rings. The van der Waals surface area contributed by atoms with Crippen LogP contribution < -0.4 is 0 Å². The second kappa shape index (κ2) is 6.44. The maximum Gasteiger partial charge on any atom is 0.257 e. The Hall–Kier alpha value is -1.33. The van der Waals surface area contributed by atoms with Crippen molar-refractivity contribution in [3.63, 3.8) is 0 Å². The highest BCUT2D eigenvalue weighted by Gasteiger charge is 2.50. The van der Waals surface area contributed by atoms with Gasteiger partial charge >= 0.3 is 0 Å². The van der Waals surface area contributed by atoms with E-state index in [4.69, 9.17) is 9.15 Å². The number of rotatable bonds is 5. The number of nitrogens with zero attached hydrogens (tertiary/aromatic N) is 2. The Morgan fingerprint density at radius 1 is 1.32 bits per heavy atom. The highest BCUT2D eigenvalue weighted by Crippen LogP contribution is 2.44. The highest BCUT2D eigenvalue weighted by molar-refractivity contribution is 5.95. The van der Waals surface area contributed by atoms with Crippen LogP contribution in [0.5, 0.6) is 0 Å². The number of hydrogen-bond donors (Lipinski definition) is 0. The number of aryl methyl sites for hydroxylation is 2. The summed E-state index contributed by atoms with van der Waals surface area (Å²) in [5.41, 5.74) is 0.920. The van der Waals surface area contributed by atoms with Crippen molar-refractivity contribution in [3.8, 4) is 0 Å². The van der Waals surface area contributed by atoms with Gasteiger partial charge in [-0.2, -0.15) is 0 Å². The van der Waals surface area contributed by atoms with Crippen LogP contribution in [0.25, 0.3) is 0 Å². The number of ether oxygens (including phenoxy) is 1. The van der Waals surface area contributed by atoms with E-state index >= 15 is 0 Å². The van der Waals surface area contributed by atoms with Gasteiger partial charge in [-0.1, -0.05) is 0 Å². The Bertz CT molecular complexity index is 651. The minimum Gasteiger partial charge on any atom is -0.466 e. The number of furan rings is 1. The molecule has 0 bridgehead atoms. The van der Waals surface area contributed by atoms with E-state index in [9.17, 15) is 4.79 Å². The van der Waals surface area contributed by atoms with Crippen molar-refractivity contribution >= 4 is 5.91 Å². The molecular weight excluding hydrogens is 316 g/mol. The molecule has 0 unspecified atom stereocenters. The van der Waals surface area contributed by atoms with E-state index < -0.39 is 0 Å². The first-order chi connectivity index (χ1) is 12.0. The summed E-state index contributed by atoms with van der Waals surface area (Å²) in [5, 5.41) is 0. The maximum absolute atomic E-state index is 12.9. The molecule has 1 aromatic heterocycles. The summed E-state index contributed by atoms with van der Waals surface area (Å²) in [5.74, 6) is 3.00. The standard InChI is InChI=1S/C20H30N2O3/c1-14-8-18(15(2)25-14)19(23)22-7-6-20(13-22)12-21(3)9-17(20)11-24-10-16-4-5-16/h8,16-17H,4-7,9-13H2,1-3H3/t17-,20+/m1/s1. The van der Waals surface area contributed by atoms with E-state index in [1.807, 2.05) is 24.8 Å². The zero-order valence-electron chi connectivity index (χ0n) is 15.7. The lowest BCUT2D eigenvalue weighted by Gasteiger charge is -2.30. The lowest BCUT2D eigenvalue weighted by atomic mass is 9.77. The van der Waals surface area contributed by atoms with Crippen LogP contribution in [0.15, 0.2) is 10.5 Å². The minimum atomic E-state index is 0.124. The van der Waals surface area contributed by atoms with Crippen LogP contribution in [0.4, 0.5) is 0 Å². The maximum atomic E-state index is 12.9. The van der Waals surface area contributed by atoms with Gasteiger partial charge in [-0.15, -0.1) is 0 Å². The molecule has 1 aromatic rings. The van der Waals surface area contributed by atoms with Crippen molar-refractivity contribution in [2.45, 2.75) is 33.1 Å². The van der Waals surface area contributed by atoms with Gasteiger partial charge in [0.2, 0.25) is 0 Å². The summed E-state index contributed by atoms with van der Waals surface area (Å²) in [6.45, 7) is 9.37. The van der Waals surface area contributed by atoms with Crippen LogP contribution in [0.3, 0.4) is 0 Å². The van der Waals surface area contributed by atoms with Crippen LogP contribution in [0.2, 0.25) is 0 Å². The fraction of sp³-hybridized carbons (Fsp3) is 0.750. The first kappa shape index (κ1) is 17.1. The van der Waals surface area contributed by atoms with Crippen LogP contribution in [0, 0.1) is 31.1 Å². The lowest BCUT2D eigenvalue weighted by Crippen LogP contribution is -2.38. The van der Waals surface area contributed by atoms with E-state index in [1.54, 1.807) is 0 Å². The van der Waals surface area contributed by atoms with Gasteiger partial charge in [0.05, 0.1) is 12.2 Å². The first-order valence-corrected chi connectivity index (χ1v) is 9.59. The van der Waals surface area contributed by atoms with Gasteiger partial charge in [-0.05, 0) is 52.1 Å². The van der Waals surface area contributed by atoms with Gasteiger partial charge in [0.15, 0.2) is 0 Å². The quantitative estimate of drug-likeness (QED) is 0.822. The molecule has 25 heavy (non-hydrogen) atoms. The molecule has 1 saturated carbocycles. The summed E-state index contributed by atoms with van der Waals surface area (Å²) >= 11 is 0. The van der Waals surface area contributed by atoms with Gasteiger partial charge in [0.25, 0.3) is 5.91 Å². The third kappa shape index (κ3) is 3.36. The second-order valence-corrected chi connectivity index (χ2v) is 8.54. The number of amides is 1. The smallest absolute Gasteiger partial charge is 0.257 e. The van der Waals surface area contributed by atoms with E-state index in [1.165, 1.54) is 12.8 Å². The van der Waals surface area contributed by atoms with E-state index in [-0.39, 0.29) is 11.3 Å². The minimum absolute atomic E-state index is 0.124. The molecule has 138 valence electrons. The first-order valence-electron chi connectivity index (χ1n) is 9.59. The topological polar surface area (TPSA) is 45.9 Å². The second-order valence-electron chi connectivity index (χ2n) is 8.54.